The number of thioether (sulfide) groups is 1. The van der Waals surface area contributed by atoms with E-state index in [9.17, 15) is 10.2 Å². The maximum absolute atomic E-state index is 9.83. The van der Waals surface area contributed by atoms with Crippen molar-refractivity contribution in [1.29, 1.82) is 0 Å². The lowest BCUT2D eigenvalue weighted by molar-refractivity contribution is 0.106. The first-order valence-electron chi connectivity index (χ1n) is 9.00. The van der Waals surface area contributed by atoms with Crippen LogP contribution in [-0.2, 0) is 0 Å². The number of aromatic nitrogens is 2. The molecule has 0 amide bonds. The Balaban J connectivity index is 1.63. The summed E-state index contributed by atoms with van der Waals surface area (Å²) in [7, 11) is 0. The van der Waals surface area contributed by atoms with Crippen LogP contribution in [0.15, 0.2) is 11.2 Å². The number of anilines is 2. The summed E-state index contributed by atoms with van der Waals surface area (Å²) in [5, 5.41) is 19.8. The number of aliphatic hydroxyl groups excluding tert-OH is 2. The van der Waals surface area contributed by atoms with Crippen LogP contribution in [0.1, 0.15) is 12.8 Å². The third kappa shape index (κ3) is 4.55. The van der Waals surface area contributed by atoms with Crippen LogP contribution in [0.3, 0.4) is 0 Å². The first-order valence-corrected chi connectivity index (χ1v) is 10.2. The van der Waals surface area contributed by atoms with Crippen molar-refractivity contribution in [3.8, 4) is 0 Å². The monoisotopic (exact) mass is 367 g/mol. The molecule has 0 aliphatic carbocycles. The molecule has 0 unspecified atom stereocenters. The lowest BCUT2D eigenvalue weighted by Crippen LogP contribution is -2.40. The van der Waals surface area contributed by atoms with Crippen LogP contribution in [-0.4, -0.2) is 77.3 Å². The lowest BCUT2D eigenvalue weighted by Gasteiger charge is -2.33. The molecule has 4 N–H and O–H groups in total. The van der Waals surface area contributed by atoms with Crippen LogP contribution in [0.25, 0.3) is 0 Å². The lowest BCUT2D eigenvalue weighted by atomic mass is 9.93. The van der Waals surface area contributed by atoms with Crippen molar-refractivity contribution in [2.24, 2.45) is 17.8 Å². The molecule has 0 aromatic carbocycles. The Morgan fingerprint density at radius 3 is 2.52 bits per heavy atom. The predicted octanol–water partition coefficient (Wildman–Crippen LogP) is 0.530. The average Bonchev–Trinajstić information content (AvgIpc) is 3.04. The summed E-state index contributed by atoms with van der Waals surface area (Å²) in [5.74, 6) is 2.48. The Kier molecular flexibility index (Phi) is 6.38. The summed E-state index contributed by atoms with van der Waals surface area (Å²) in [6.45, 7) is 5.26. The zero-order valence-corrected chi connectivity index (χ0v) is 15.7. The highest BCUT2D eigenvalue weighted by Gasteiger charge is 2.35. The summed E-state index contributed by atoms with van der Waals surface area (Å²) in [6.07, 6.45) is 4.07. The van der Waals surface area contributed by atoms with Gasteiger partial charge in [-0.1, -0.05) is 11.8 Å². The number of hydrogen-bond donors (Lipinski definition) is 3. The van der Waals surface area contributed by atoms with E-state index in [0.717, 1.165) is 51.4 Å². The van der Waals surface area contributed by atoms with Gasteiger partial charge in [-0.05, 0) is 44.0 Å². The van der Waals surface area contributed by atoms with E-state index in [1.54, 1.807) is 0 Å². The van der Waals surface area contributed by atoms with Gasteiger partial charge in [0.05, 0.1) is 0 Å². The molecule has 2 aliphatic rings. The van der Waals surface area contributed by atoms with Crippen molar-refractivity contribution in [3.05, 3.63) is 6.07 Å². The van der Waals surface area contributed by atoms with E-state index >= 15 is 0 Å². The van der Waals surface area contributed by atoms with Gasteiger partial charge in [-0.15, -0.1) is 0 Å². The van der Waals surface area contributed by atoms with Crippen molar-refractivity contribution in [1.82, 2.24) is 14.9 Å². The number of aliphatic hydroxyl groups is 2. The minimum atomic E-state index is 0.199. The second-order valence-corrected chi connectivity index (χ2v) is 7.95. The SMILES string of the molecule is CSc1nc(N)cc(N2C[C@@H](CO)[C@@H](CN3CCC(CO)CC3)C2)n1. The van der Waals surface area contributed by atoms with E-state index in [1.165, 1.54) is 11.8 Å². The molecule has 3 heterocycles. The van der Waals surface area contributed by atoms with Crippen LogP contribution in [0, 0.1) is 17.8 Å². The smallest absolute Gasteiger partial charge is 0.191 e. The summed E-state index contributed by atoms with van der Waals surface area (Å²) >= 11 is 1.49. The predicted molar refractivity (Wildman–Crippen MR) is 101 cm³/mol. The third-order valence-electron chi connectivity index (χ3n) is 5.49. The van der Waals surface area contributed by atoms with Crippen molar-refractivity contribution in [3.63, 3.8) is 0 Å². The number of piperidine rings is 1. The standard InChI is InChI=1S/C17H29N5O2S/c1-25-17-19-15(18)6-16(20-17)22-8-13(14(9-22)11-24)7-21-4-2-12(10-23)3-5-21/h6,12-14,23-24H,2-5,7-11H2,1H3,(H2,18,19,20)/t13-,14-/m0/s1. The quantitative estimate of drug-likeness (QED) is 0.495. The van der Waals surface area contributed by atoms with Gasteiger partial charge in [0, 0.05) is 44.8 Å². The molecule has 2 atom stereocenters. The fourth-order valence-electron chi connectivity index (χ4n) is 3.91. The molecule has 2 saturated heterocycles. The van der Waals surface area contributed by atoms with E-state index < -0.39 is 0 Å². The maximum atomic E-state index is 9.83. The number of nitrogens with zero attached hydrogens (tertiary/aromatic N) is 4. The molecule has 25 heavy (non-hydrogen) atoms. The third-order valence-corrected chi connectivity index (χ3v) is 6.04. The Bertz CT molecular complexity index is 568. The molecule has 140 valence electrons. The van der Waals surface area contributed by atoms with Crippen molar-refractivity contribution in [2.75, 3.05) is 62.8 Å². The van der Waals surface area contributed by atoms with Gasteiger partial charge in [0.15, 0.2) is 5.16 Å². The van der Waals surface area contributed by atoms with Crippen molar-refractivity contribution < 1.29 is 10.2 Å². The van der Waals surface area contributed by atoms with Crippen LogP contribution in [0.2, 0.25) is 0 Å². The highest BCUT2D eigenvalue weighted by molar-refractivity contribution is 7.98. The maximum Gasteiger partial charge on any atom is 0.191 e. The molecular formula is C17H29N5O2S. The molecule has 0 saturated carbocycles. The van der Waals surface area contributed by atoms with Crippen molar-refractivity contribution >= 4 is 23.4 Å². The largest absolute Gasteiger partial charge is 0.396 e. The first kappa shape index (κ1) is 18.7. The van der Waals surface area contributed by atoms with Gasteiger partial charge in [0.2, 0.25) is 0 Å². The first-order chi connectivity index (χ1) is 12.1. The molecule has 1 aromatic heterocycles. The minimum Gasteiger partial charge on any atom is -0.396 e. The number of nitrogen functional groups attached to an aromatic ring is 1. The van der Waals surface area contributed by atoms with Gasteiger partial charge in [-0.25, -0.2) is 9.97 Å². The molecule has 2 fully saturated rings. The van der Waals surface area contributed by atoms with Crippen LogP contribution in [0.5, 0.6) is 0 Å². The van der Waals surface area contributed by atoms with Gasteiger partial charge in [0.1, 0.15) is 11.6 Å². The molecular weight excluding hydrogens is 338 g/mol. The zero-order chi connectivity index (χ0) is 17.8. The number of rotatable bonds is 6. The fraction of sp³-hybridized carbons (Fsp3) is 0.765. The number of likely N-dealkylation sites (tertiary alicyclic amines) is 1. The summed E-state index contributed by atoms with van der Waals surface area (Å²) < 4.78 is 0. The molecule has 8 heteroatoms. The molecule has 3 rings (SSSR count). The van der Waals surface area contributed by atoms with Gasteiger partial charge in [-0.3, -0.25) is 0 Å². The number of hydrogen-bond acceptors (Lipinski definition) is 8. The van der Waals surface area contributed by atoms with E-state index in [0.29, 0.717) is 29.4 Å². The molecule has 0 radical (unpaired) electrons. The van der Waals surface area contributed by atoms with Crippen LogP contribution < -0.4 is 10.6 Å². The second-order valence-electron chi connectivity index (χ2n) is 7.17. The molecule has 2 aliphatic heterocycles. The normalized spacial score (nSPS) is 25.6. The minimum absolute atomic E-state index is 0.199. The van der Waals surface area contributed by atoms with Crippen LogP contribution >= 0.6 is 11.8 Å². The van der Waals surface area contributed by atoms with E-state index in [2.05, 4.69) is 19.8 Å². The Labute approximate surface area is 153 Å². The molecule has 0 spiro atoms. The Hall–Kier alpha value is -1.09. The Morgan fingerprint density at radius 2 is 1.88 bits per heavy atom. The second kappa shape index (κ2) is 8.53. The summed E-state index contributed by atoms with van der Waals surface area (Å²) in [4.78, 5) is 13.5. The highest BCUT2D eigenvalue weighted by atomic mass is 32.2. The van der Waals surface area contributed by atoms with Gasteiger partial charge >= 0.3 is 0 Å². The zero-order valence-electron chi connectivity index (χ0n) is 14.8. The summed E-state index contributed by atoms with van der Waals surface area (Å²) in [5.41, 5.74) is 5.91. The summed E-state index contributed by atoms with van der Waals surface area (Å²) in [6, 6.07) is 1.82. The van der Waals surface area contributed by atoms with Gasteiger partial charge < -0.3 is 25.7 Å². The fourth-order valence-corrected chi connectivity index (χ4v) is 4.29. The Morgan fingerprint density at radius 1 is 1.16 bits per heavy atom. The molecule has 1 aromatic rings. The van der Waals surface area contributed by atoms with Crippen LogP contribution in [0.4, 0.5) is 11.6 Å². The molecule has 0 bridgehead atoms. The van der Waals surface area contributed by atoms with E-state index in [4.69, 9.17) is 5.73 Å². The van der Waals surface area contributed by atoms with E-state index in [1.807, 2.05) is 12.3 Å². The van der Waals surface area contributed by atoms with Crippen molar-refractivity contribution in [2.45, 2.75) is 18.0 Å². The van der Waals surface area contributed by atoms with E-state index in [-0.39, 0.29) is 12.5 Å². The topological polar surface area (TPSA) is 98.7 Å². The highest BCUT2D eigenvalue weighted by Crippen LogP contribution is 2.30. The number of nitrogens with two attached hydrogens (primary N) is 1. The average molecular weight is 368 g/mol. The molecule has 7 nitrogen and oxygen atoms in total. The van der Waals surface area contributed by atoms with Gasteiger partial charge in [-0.2, -0.15) is 0 Å². The van der Waals surface area contributed by atoms with Gasteiger partial charge in [0.25, 0.3) is 0 Å².